The molecule has 0 spiro atoms. The van der Waals surface area contributed by atoms with Crippen LogP contribution in [0, 0.1) is 13.8 Å². The quantitative estimate of drug-likeness (QED) is 0.431. The van der Waals surface area contributed by atoms with Crippen LogP contribution >= 0.6 is 15.9 Å². The number of hydrogen-bond donors (Lipinski definition) is 1. The SMILES string of the molecule is Cc1cc(/C=C2\C(=O)NC(=O)N(c3ccc(Br)cc3)C2=O)c(C)n1-c1cccc(C(=O)[O-])c1. The van der Waals surface area contributed by atoms with Crippen molar-refractivity contribution in [3.05, 3.63) is 87.2 Å². The number of aryl methyl sites for hydroxylation is 1. The summed E-state index contributed by atoms with van der Waals surface area (Å²) in [5.74, 6) is -2.82. The predicted molar refractivity (Wildman–Crippen MR) is 123 cm³/mol. The van der Waals surface area contributed by atoms with Gasteiger partial charge in [0.25, 0.3) is 11.8 Å². The summed E-state index contributed by atoms with van der Waals surface area (Å²) in [6.07, 6.45) is 1.43. The van der Waals surface area contributed by atoms with Crippen LogP contribution in [0.1, 0.15) is 27.3 Å². The van der Waals surface area contributed by atoms with E-state index >= 15 is 0 Å². The molecule has 2 heterocycles. The Labute approximate surface area is 197 Å². The second-order valence-corrected chi connectivity index (χ2v) is 8.35. The van der Waals surface area contributed by atoms with E-state index in [2.05, 4.69) is 21.2 Å². The minimum Gasteiger partial charge on any atom is -0.545 e. The number of nitrogens with zero attached hydrogens (tertiary/aromatic N) is 2. The largest absolute Gasteiger partial charge is 0.545 e. The maximum absolute atomic E-state index is 13.1. The number of carboxylic acid groups (broad SMARTS) is 1. The van der Waals surface area contributed by atoms with E-state index in [0.29, 0.717) is 22.6 Å². The highest BCUT2D eigenvalue weighted by molar-refractivity contribution is 9.10. The molecule has 33 heavy (non-hydrogen) atoms. The molecule has 0 aliphatic carbocycles. The molecule has 1 fully saturated rings. The number of amides is 4. The smallest absolute Gasteiger partial charge is 0.335 e. The van der Waals surface area contributed by atoms with Gasteiger partial charge in [0.15, 0.2) is 0 Å². The number of benzene rings is 2. The lowest BCUT2D eigenvalue weighted by molar-refractivity contribution is -0.255. The van der Waals surface area contributed by atoms with Crippen molar-refractivity contribution in [3.8, 4) is 5.69 Å². The van der Waals surface area contributed by atoms with Crippen LogP contribution in [0.5, 0.6) is 0 Å². The molecule has 4 rings (SSSR count). The molecule has 0 atom stereocenters. The molecule has 1 N–H and O–H groups in total. The third-order valence-corrected chi connectivity index (χ3v) is 5.83. The molecule has 0 bridgehead atoms. The number of rotatable bonds is 4. The number of aromatic carboxylic acids is 1. The minimum atomic E-state index is -1.29. The van der Waals surface area contributed by atoms with E-state index < -0.39 is 23.8 Å². The Morgan fingerprint density at radius 3 is 2.36 bits per heavy atom. The van der Waals surface area contributed by atoms with E-state index in [0.717, 1.165) is 15.1 Å². The molecule has 2 aromatic carbocycles. The van der Waals surface area contributed by atoms with Gasteiger partial charge in [0, 0.05) is 21.5 Å². The Balaban J connectivity index is 1.76. The number of urea groups is 1. The highest BCUT2D eigenvalue weighted by atomic mass is 79.9. The monoisotopic (exact) mass is 506 g/mol. The molecule has 8 nitrogen and oxygen atoms in total. The molecule has 1 aromatic heterocycles. The van der Waals surface area contributed by atoms with Crippen molar-refractivity contribution in [2.75, 3.05) is 4.90 Å². The average molecular weight is 507 g/mol. The minimum absolute atomic E-state index is 0.0328. The summed E-state index contributed by atoms with van der Waals surface area (Å²) in [6.45, 7) is 3.61. The van der Waals surface area contributed by atoms with Crippen LogP contribution < -0.4 is 15.3 Å². The first kappa shape index (κ1) is 22.2. The highest BCUT2D eigenvalue weighted by Crippen LogP contribution is 2.27. The van der Waals surface area contributed by atoms with E-state index in [1.54, 1.807) is 49.4 Å². The Bertz CT molecular complexity index is 1350. The molecular formula is C24H17BrN3O5-. The van der Waals surface area contributed by atoms with Crippen LogP contribution in [0.2, 0.25) is 0 Å². The number of halogens is 1. The zero-order chi connectivity index (χ0) is 23.9. The van der Waals surface area contributed by atoms with Crippen molar-refractivity contribution < 1.29 is 24.3 Å². The summed E-state index contributed by atoms with van der Waals surface area (Å²) in [4.78, 5) is 50.1. The Kier molecular flexibility index (Phi) is 5.73. The molecule has 0 unspecified atom stereocenters. The Morgan fingerprint density at radius 2 is 1.70 bits per heavy atom. The molecule has 9 heteroatoms. The third-order valence-electron chi connectivity index (χ3n) is 5.30. The predicted octanol–water partition coefficient (Wildman–Crippen LogP) is 2.89. The van der Waals surface area contributed by atoms with Gasteiger partial charge in [0.05, 0.1) is 11.7 Å². The van der Waals surface area contributed by atoms with Crippen LogP contribution in [-0.2, 0) is 9.59 Å². The van der Waals surface area contributed by atoms with Crippen molar-refractivity contribution >= 4 is 51.5 Å². The number of barbiturate groups is 1. The summed E-state index contributed by atoms with van der Waals surface area (Å²) in [5, 5.41) is 13.4. The number of anilines is 1. The Hall–Kier alpha value is -3.98. The van der Waals surface area contributed by atoms with E-state index in [1.165, 1.54) is 18.2 Å². The van der Waals surface area contributed by atoms with E-state index in [9.17, 15) is 24.3 Å². The number of aromatic nitrogens is 1. The molecule has 3 aromatic rings. The number of carbonyl (C=O) groups is 4. The average Bonchev–Trinajstić information content (AvgIpc) is 3.05. The molecular weight excluding hydrogens is 490 g/mol. The van der Waals surface area contributed by atoms with Gasteiger partial charge in [-0.05, 0) is 73.5 Å². The third kappa shape index (κ3) is 4.10. The summed E-state index contributed by atoms with van der Waals surface area (Å²) in [7, 11) is 0. The first-order valence-corrected chi connectivity index (χ1v) is 10.6. The van der Waals surface area contributed by atoms with E-state index in [1.807, 2.05) is 11.5 Å². The lowest BCUT2D eigenvalue weighted by Crippen LogP contribution is -2.54. The van der Waals surface area contributed by atoms with Gasteiger partial charge in [-0.1, -0.05) is 28.1 Å². The normalized spacial score (nSPS) is 15.2. The first-order valence-electron chi connectivity index (χ1n) is 9.85. The van der Waals surface area contributed by atoms with Crippen LogP contribution in [0.25, 0.3) is 11.8 Å². The first-order chi connectivity index (χ1) is 15.7. The van der Waals surface area contributed by atoms with Crippen LogP contribution in [-0.4, -0.2) is 28.4 Å². The topological polar surface area (TPSA) is 112 Å². The summed E-state index contributed by atoms with van der Waals surface area (Å²) in [6, 6.07) is 13.8. The molecule has 0 radical (unpaired) electrons. The lowest BCUT2D eigenvalue weighted by Gasteiger charge is -2.26. The summed E-state index contributed by atoms with van der Waals surface area (Å²) in [5.41, 5.74) is 2.79. The second kappa shape index (κ2) is 8.51. The van der Waals surface area contributed by atoms with Crippen LogP contribution in [0.3, 0.4) is 0 Å². The lowest BCUT2D eigenvalue weighted by atomic mass is 10.1. The molecule has 1 saturated heterocycles. The van der Waals surface area contributed by atoms with E-state index in [-0.39, 0.29) is 11.1 Å². The van der Waals surface area contributed by atoms with Gasteiger partial charge in [-0.3, -0.25) is 14.9 Å². The summed E-state index contributed by atoms with van der Waals surface area (Å²) < 4.78 is 2.58. The van der Waals surface area contributed by atoms with Gasteiger partial charge in [-0.2, -0.15) is 0 Å². The van der Waals surface area contributed by atoms with Gasteiger partial charge in [-0.25, -0.2) is 9.69 Å². The van der Waals surface area contributed by atoms with Crippen LogP contribution in [0.4, 0.5) is 10.5 Å². The Morgan fingerprint density at radius 1 is 1.00 bits per heavy atom. The fourth-order valence-corrected chi connectivity index (χ4v) is 4.00. The second-order valence-electron chi connectivity index (χ2n) is 7.43. The van der Waals surface area contributed by atoms with Crippen molar-refractivity contribution in [1.29, 1.82) is 0 Å². The number of hydrogen-bond acceptors (Lipinski definition) is 5. The van der Waals surface area contributed by atoms with Gasteiger partial charge in [-0.15, -0.1) is 0 Å². The van der Waals surface area contributed by atoms with Gasteiger partial charge >= 0.3 is 6.03 Å². The number of carboxylic acids is 1. The van der Waals surface area contributed by atoms with Crippen molar-refractivity contribution in [2.45, 2.75) is 13.8 Å². The van der Waals surface area contributed by atoms with Crippen molar-refractivity contribution in [2.24, 2.45) is 0 Å². The molecule has 0 saturated carbocycles. The van der Waals surface area contributed by atoms with Crippen LogP contribution in [0.15, 0.2) is 64.6 Å². The fourth-order valence-electron chi connectivity index (χ4n) is 3.74. The number of nitrogens with one attached hydrogen (secondary N) is 1. The maximum atomic E-state index is 13.1. The summed E-state index contributed by atoms with van der Waals surface area (Å²) >= 11 is 3.31. The molecule has 1 aliphatic rings. The molecule has 1 aliphatic heterocycles. The fraction of sp³-hybridized carbons (Fsp3) is 0.0833. The van der Waals surface area contributed by atoms with Crippen molar-refractivity contribution in [1.82, 2.24) is 9.88 Å². The highest BCUT2D eigenvalue weighted by Gasteiger charge is 2.37. The molecule has 166 valence electrons. The standard InChI is InChI=1S/C24H18BrN3O5/c1-13-10-16(14(2)27(13)19-5-3-4-15(11-19)23(31)32)12-20-21(29)26-24(33)28(22(20)30)18-8-6-17(25)7-9-18/h3-12H,1-2H3,(H,31,32)(H,26,29,33)/p-1/b20-12+. The van der Waals surface area contributed by atoms with Gasteiger partial charge < -0.3 is 14.5 Å². The van der Waals surface area contributed by atoms with Gasteiger partial charge in [0.2, 0.25) is 0 Å². The van der Waals surface area contributed by atoms with Crippen molar-refractivity contribution in [3.63, 3.8) is 0 Å². The van der Waals surface area contributed by atoms with Gasteiger partial charge in [0.1, 0.15) is 5.57 Å². The number of carbonyl (C=O) groups excluding carboxylic acids is 4. The zero-order valence-electron chi connectivity index (χ0n) is 17.6. The van der Waals surface area contributed by atoms with E-state index in [4.69, 9.17) is 0 Å². The maximum Gasteiger partial charge on any atom is 0.335 e. The number of imide groups is 2. The molecule has 4 amide bonds. The zero-order valence-corrected chi connectivity index (χ0v) is 19.2.